The molecule has 0 aliphatic carbocycles. The highest BCUT2D eigenvalue weighted by Crippen LogP contribution is 2.37. The monoisotopic (exact) mass is 341 g/mol. The molecule has 4 nitrogen and oxygen atoms in total. The molecule has 0 saturated carbocycles. The molecule has 2 rings (SSSR count). The van der Waals surface area contributed by atoms with Crippen LogP contribution in [0.5, 0.6) is 5.75 Å². The molecule has 2 atom stereocenters. The number of thioether (sulfide) groups is 1. The number of carboxylic acid groups (broad SMARTS) is 1. The van der Waals surface area contributed by atoms with Crippen LogP contribution >= 0.6 is 11.8 Å². The van der Waals surface area contributed by atoms with Crippen LogP contribution in [0.1, 0.15) is 36.1 Å². The zero-order chi connectivity index (χ0) is 17.5. The predicted molar refractivity (Wildman–Crippen MR) is 94.3 cm³/mol. The molecule has 2 unspecified atom stereocenters. The first-order valence-electron chi connectivity index (χ1n) is 7.67. The van der Waals surface area contributed by atoms with Gasteiger partial charge in [-0.15, -0.1) is 11.8 Å². The Bertz CT molecular complexity index is 737. The van der Waals surface area contributed by atoms with Crippen molar-refractivity contribution in [2.75, 3.05) is 6.61 Å². The van der Waals surface area contributed by atoms with Crippen LogP contribution in [0.25, 0.3) is 0 Å². The zero-order valence-corrected chi connectivity index (χ0v) is 14.4. The van der Waals surface area contributed by atoms with Crippen molar-refractivity contribution in [2.24, 2.45) is 0 Å². The van der Waals surface area contributed by atoms with Crippen molar-refractivity contribution >= 4 is 17.7 Å². The van der Waals surface area contributed by atoms with Gasteiger partial charge in [-0.25, -0.2) is 0 Å². The van der Waals surface area contributed by atoms with Crippen LogP contribution in [0.2, 0.25) is 0 Å². The minimum atomic E-state index is -0.900. The predicted octanol–water partition coefficient (Wildman–Crippen LogP) is 4.63. The van der Waals surface area contributed by atoms with Gasteiger partial charge in [0.25, 0.3) is 0 Å². The minimum Gasteiger partial charge on any atom is -0.494 e. The third-order valence-electron chi connectivity index (χ3n) is 3.52. The fourth-order valence-corrected chi connectivity index (χ4v) is 3.19. The van der Waals surface area contributed by atoms with Gasteiger partial charge in [0.1, 0.15) is 11.0 Å². The molecule has 0 heterocycles. The van der Waals surface area contributed by atoms with E-state index >= 15 is 0 Å². The summed E-state index contributed by atoms with van der Waals surface area (Å²) in [5.74, 6) is -0.412. The molecular weight excluding hydrogens is 322 g/mol. The lowest BCUT2D eigenvalue weighted by Crippen LogP contribution is -2.08. The van der Waals surface area contributed by atoms with Crippen molar-refractivity contribution in [3.63, 3.8) is 0 Å². The largest absolute Gasteiger partial charge is 0.494 e. The SMILES string of the molecule is CCOc1cccc(C(Sc2ccc(C(C)C#N)cc2)C(=O)O)c1. The summed E-state index contributed by atoms with van der Waals surface area (Å²) < 4.78 is 5.45. The number of benzene rings is 2. The third-order valence-corrected chi connectivity index (χ3v) is 4.78. The third kappa shape index (κ3) is 4.53. The summed E-state index contributed by atoms with van der Waals surface area (Å²) >= 11 is 1.27. The number of rotatable bonds is 7. The number of aliphatic carboxylic acids is 1. The van der Waals surface area contributed by atoms with E-state index < -0.39 is 11.2 Å². The van der Waals surface area contributed by atoms with Crippen LogP contribution in [0.15, 0.2) is 53.4 Å². The first-order chi connectivity index (χ1) is 11.5. The number of hydrogen-bond acceptors (Lipinski definition) is 4. The average Bonchev–Trinajstić information content (AvgIpc) is 2.59. The molecule has 0 aliphatic heterocycles. The van der Waals surface area contributed by atoms with E-state index in [1.165, 1.54) is 11.8 Å². The molecular formula is C19H19NO3S. The Morgan fingerprint density at radius 2 is 1.96 bits per heavy atom. The van der Waals surface area contributed by atoms with Crippen molar-refractivity contribution in [1.29, 1.82) is 5.26 Å². The van der Waals surface area contributed by atoms with Gasteiger partial charge in [-0.1, -0.05) is 24.3 Å². The summed E-state index contributed by atoms with van der Waals surface area (Å²) in [5, 5.41) is 17.8. The molecule has 124 valence electrons. The van der Waals surface area contributed by atoms with Gasteiger partial charge in [-0.3, -0.25) is 4.79 Å². The van der Waals surface area contributed by atoms with Gasteiger partial charge >= 0.3 is 5.97 Å². The molecule has 1 N–H and O–H groups in total. The Labute approximate surface area is 146 Å². The summed E-state index contributed by atoms with van der Waals surface area (Å²) in [6, 6.07) is 16.8. The molecule has 0 spiro atoms. The van der Waals surface area contributed by atoms with E-state index in [-0.39, 0.29) is 5.92 Å². The number of carbonyl (C=O) groups is 1. The minimum absolute atomic E-state index is 0.179. The number of hydrogen-bond donors (Lipinski definition) is 1. The van der Waals surface area contributed by atoms with Crippen LogP contribution < -0.4 is 4.74 Å². The first-order valence-corrected chi connectivity index (χ1v) is 8.55. The normalized spacial score (nSPS) is 12.9. The van der Waals surface area contributed by atoms with E-state index in [9.17, 15) is 9.90 Å². The second kappa shape index (κ2) is 8.42. The summed E-state index contributed by atoms with van der Waals surface area (Å²) in [6.07, 6.45) is 0. The molecule has 0 aromatic heterocycles. The summed E-state index contributed by atoms with van der Waals surface area (Å²) in [6.45, 7) is 4.26. The maximum Gasteiger partial charge on any atom is 0.321 e. The highest BCUT2D eigenvalue weighted by molar-refractivity contribution is 8.00. The molecule has 24 heavy (non-hydrogen) atoms. The molecule has 0 radical (unpaired) electrons. The Morgan fingerprint density at radius 1 is 1.25 bits per heavy atom. The Balaban J connectivity index is 2.21. The fraction of sp³-hybridized carbons (Fsp3) is 0.263. The average molecular weight is 341 g/mol. The van der Waals surface area contributed by atoms with Crippen molar-refractivity contribution in [3.05, 3.63) is 59.7 Å². The van der Waals surface area contributed by atoms with Gasteiger partial charge in [0.15, 0.2) is 0 Å². The molecule has 0 amide bonds. The van der Waals surface area contributed by atoms with Crippen molar-refractivity contribution in [1.82, 2.24) is 0 Å². The smallest absolute Gasteiger partial charge is 0.321 e. The van der Waals surface area contributed by atoms with Crippen molar-refractivity contribution in [3.8, 4) is 11.8 Å². The topological polar surface area (TPSA) is 70.3 Å². The van der Waals surface area contributed by atoms with E-state index in [2.05, 4.69) is 6.07 Å². The van der Waals surface area contributed by atoms with Gasteiger partial charge in [-0.05, 0) is 49.2 Å². The second-order valence-electron chi connectivity index (χ2n) is 5.26. The van der Waals surface area contributed by atoms with Crippen LogP contribution in [-0.2, 0) is 4.79 Å². The van der Waals surface area contributed by atoms with E-state index in [1.807, 2.05) is 44.2 Å². The highest BCUT2D eigenvalue weighted by Gasteiger charge is 2.22. The van der Waals surface area contributed by atoms with Gasteiger partial charge in [0.05, 0.1) is 18.6 Å². The maximum absolute atomic E-state index is 11.7. The first kappa shape index (κ1) is 17.9. The summed E-state index contributed by atoms with van der Waals surface area (Å²) in [5.41, 5.74) is 1.61. The standard InChI is InChI=1S/C19H19NO3S/c1-3-23-16-6-4-5-15(11-16)18(19(21)22)24-17-9-7-14(8-10-17)13(2)12-20/h4-11,13,18H,3H2,1-2H3,(H,21,22). The molecule has 2 aromatic carbocycles. The van der Waals surface area contributed by atoms with E-state index in [0.717, 1.165) is 10.5 Å². The van der Waals surface area contributed by atoms with Crippen molar-refractivity contribution < 1.29 is 14.6 Å². The van der Waals surface area contributed by atoms with Crippen molar-refractivity contribution in [2.45, 2.75) is 29.9 Å². The fourth-order valence-electron chi connectivity index (χ4n) is 2.24. The van der Waals surface area contributed by atoms with E-state index in [4.69, 9.17) is 10.00 Å². The van der Waals surface area contributed by atoms with E-state index in [0.29, 0.717) is 17.9 Å². The molecule has 0 fully saturated rings. The zero-order valence-electron chi connectivity index (χ0n) is 13.6. The molecule has 0 aliphatic rings. The molecule has 2 aromatic rings. The lowest BCUT2D eigenvalue weighted by Gasteiger charge is -2.14. The quantitative estimate of drug-likeness (QED) is 0.744. The molecule has 0 saturated heterocycles. The molecule has 0 bridgehead atoms. The van der Waals surface area contributed by atoms with Gasteiger partial charge in [-0.2, -0.15) is 5.26 Å². The maximum atomic E-state index is 11.7. The number of nitriles is 1. The lowest BCUT2D eigenvalue weighted by molar-refractivity contribution is -0.136. The van der Waals surface area contributed by atoms with Crippen LogP contribution in [0.3, 0.4) is 0 Å². The second-order valence-corrected chi connectivity index (χ2v) is 6.44. The van der Waals surface area contributed by atoms with Crippen LogP contribution in [-0.4, -0.2) is 17.7 Å². The highest BCUT2D eigenvalue weighted by atomic mass is 32.2. The van der Waals surface area contributed by atoms with Gasteiger partial charge in [0, 0.05) is 4.90 Å². The number of carboxylic acids is 1. The van der Waals surface area contributed by atoms with Gasteiger partial charge < -0.3 is 9.84 Å². The summed E-state index contributed by atoms with van der Waals surface area (Å²) in [4.78, 5) is 12.5. The van der Waals surface area contributed by atoms with Crippen LogP contribution in [0, 0.1) is 11.3 Å². The van der Waals surface area contributed by atoms with E-state index in [1.54, 1.807) is 18.2 Å². The molecule has 5 heteroatoms. The number of ether oxygens (including phenoxy) is 1. The lowest BCUT2D eigenvalue weighted by atomic mass is 10.0. The summed E-state index contributed by atoms with van der Waals surface area (Å²) in [7, 11) is 0. The Hall–Kier alpha value is -2.45. The Morgan fingerprint density at radius 3 is 2.54 bits per heavy atom. The van der Waals surface area contributed by atoms with Crippen LogP contribution in [0.4, 0.5) is 0 Å². The number of nitrogens with zero attached hydrogens (tertiary/aromatic N) is 1. The Kier molecular flexibility index (Phi) is 6.28. The van der Waals surface area contributed by atoms with Gasteiger partial charge in [0.2, 0.25) is 0 Å².